The average Bonchev–Trinajstić information content (AvgIpc) is 2.82. The molecule has 0 radical (unpaired) electrons. The van der Waals surface area contributed by atoms with E-state index in [1.54, 1.807) is 0 Å². The maximum Gasteiger partial charge on any atom is 0.305 e. The number of unbranched alkanes of at least 4 members (excludes halogenated alkanes) is 1. The number of carbonyl (C=O) groups excluding carboxylic acids is 2. The van der Waals surface area contributed by atoms with Crippen molar-refractivity contribution in [2.24, 2.45) is 0 Å². The fourth-order valence-corrected chi connectivity index (χ4v) is 3.81. The summed E-state index contributed by atoms with van der Waals surface area (Å²) in [5.41, 5.74) is 4.69. The van der Waals surface area contributed by atoms with E-state index < -0.39 is 0 Å². The molecule has 0 aliphatic heterocycles. The Morgan fingerprint density at radius 2 is 1.12 bits per heavy atom. The average molecular weight is 469 g/mol. The van der Waals surface area contributed by atoms with Crippen LogP contribution in [0.2, 0.25) is 0 Å². The highest BCUT2D eigenvalue weighted by atomic mass is 16.5. The minimum atomic E-state index is -0.217. The fraction of sp³-hybridized carbons (Fsp3) is 0.500. The van der Waals surface area contributed by atoms with E-state index in [0.29, 0.717) is 52.0 Å². The first-order valence-electron chi connectivity index (χ1n) is 12.4. The maximum atomic E-state index is 12.0. The van der Waals surface area contributed by atoms with E-state index in [4.69, 9.17) is 9.47 Å². The lowest BCUT2D eigenvalue weighted by atomic mass is 10.2. The summed E-state index contributed by atoms with van der Waals surface area (Å²) in [6.07, 6.45) is 1.88. The molecule has 0 aromatic heterocycles. The predicted octanol–water partition coefficient (Wildman–Crippen LogP) is 5.30. The summed E-state index contributed by atoms with van der Waals surface area (Å²) in [5, 5.41) is 0. The molecule has 2 aromatic rings. The molecule has 0 saturated carbocycles. The van der Waals surface area contributed by atoms with Crippen LogP contribution in [0.4, 0.5) is 11.4 Å². The molecule has 0 amide bonds. The lowest BCUT2D eigenvalue weighted by molar-refractivity contribution is -0.145. The second-order valence-corrected chi connectivity index (χ2v) is 8.49. The van der Waals surface area contributed by atoms with Gasteiger partial charge in [-0.15, -0.1) is 0 Å². The summed E-state index contributed by atoms with van der Waals surface area (Å²) in [7, 11) is 0. The zero-order valence-corrected chi connectivity index (χ0v) is 21.2. The topological polar surface area (TPSA) is 59.1 Å². The summed E-state index contributed by atoms with van der Waals surface area (Å²) in [4.78, 5) is 28.4. The van der Waals surface area contributed by atoms with Gasteiger partial charge in [0.1, 0.15) is 13.2 Å². The molecule has 0 unspecified atom stereocenters. The van der Waals surface area contributed by atoms with Crippen molar-refractivity contribution in [3.8, 4) is 0 Å². The van der Waals surface area contributed by atoms with Gasteiger partial charge in [-0.25, -0.2) is 0 Å². The van der Waals surface area contributed by atoms with Crippen molar-refractivity contribution in [3.63, 3.8) is 0 Å². The van der Waals surface area contributed by atoms with Crippen LogP contribution in [0.5, 0.6) is 0 Å². The van der Waals surface area contributed by atoms with Crippen LogP contribution in [0.25, 0.3) is 0 Å². The van der Waals surface area contributed by atoms with E-state index in [-0.39, 0.29) is 11.9 Å². The van der Waals surface area contributed by atoms with Crippen LogP contribution in [0.1, 0.15) is 50.7 Å². The Kier molecular flexibility index (Phi) is 12.0. The Morgan fingerprint density at radius 3 is 1.47 bits per heavy atom. The zero-order valence-electron chi connectivity index (χ0n) is 21.2. The molecule has 0 N–H and O–H groups in total. The molecule has 0 atom stereocenters. The van der Waals surface area contributed by atoms with E-state index in [9.17, 15) is 9.59 Å². The molecule has 2 rings (SSSR count). The quantitative estimate of drug-likeness (QED) is 0.261. The number of rotatable bonds is 15. The maximum absolute atomic E-state index is 12.0. The molecule has 0 aliphatic rings. The third kappa shape index (κ3) is 9.86. The summed E-state index contributed by atoms with van der Waals surface area (Å²) >= 11 is 0. The Bertz CT molecular complexity index is 826. The van der Waals surface area contributed by atoms with Gasteiger partial charge >= 0.3 is 11.9 Å². The van der Waals surface area contributed by atoms with Crippen LogP contribution in [-0.2, 0) is 19.1 Å². The lowest BCUT2D eigenvalue weighted by Crippen LogP contribution is -2.28. The van der Waals surface area contributed by atoms with E-state index in [0.717, 1.165) is 24.5 Å². The minimum Gasteiger partial charge on any atom is -0.464 e. The SMILES string of the molecule is CCN(CCOC(=O)CCCCC(=O)OCCN(CC)c1cccc(C)c1)c1cccc(C)c1. The highest BCUT2D eigenvalue weighted by molar-refractivity contribution is 5.70. The second kappa shape index (κ2) is 15.0. The first-order chi connectivity index (χ1) is 16.4. The largest absolute Gasteiger partial charge is 0.464 e. The summed E-state index contributed by atoms with van der Waals surface area (Å²) in [6.45, 7) is 12.1. The number of nitrogens with zero attached hydrogens (tertiary/aromatic N) is 2. The van der Waals surface area contributed by atoms with E-state index in [2.05, 4.69) is 73.9 Å². The third-order valence-corrected chi connectivity index (χ3v) is 5.76. The van der Waals surface area contributed by atoms with Crippen molar-refractivity contribution in [1.82, 2.24) is 0 Å². The molecule has 0 heterocycles. The van der Waals surface area contributed by atoms with Gasteiger partial charge in [-0.2, -0.15) is 0 Å². The van der Waals surface area contributed by atoms with Gasteiger partial charge in [0.05, 0.1) is 13.1 Å². The van der Waals surface area contributed by atoms with Crippen LogP contribution in [-0.4, -0.2) is 51.3 Å². The van der Waals surface area contributed by atoms with Crippen molar-refractivity contribution < 1.29 is 19.1 Å². The number of hydrogen-bond donors (Lipinski definition) is 0. The molecular formula is C28H40N2O4. The summed E-state index contributed by atoms with van der Waals surface area (Å²) in [6, 6.07) is 16.6. The highest BCUT2D eigenvalue weighted by Crippen LogP contribution is 2.16. The first-order valence-corrected chi connectivity index (χ1v) is 12.4. The van der Waals surface area contributed by atoms with E-state index >= 15 is 0 Å². The molecule has 186 valence electrons. The number of hydrogen-bond acceptors (Lipinski definition) is 6. The molecule has 6 nitrogen and oxygen atoms in total. The van der Waals surface area contributed by atoms with Gasteiger partial charge in [-0.3, -0.25) is 9.59 Å². The van der Waals surface area contributed by atoms with Gasteiger partial charge in [0.15, 0.2) is 0 Å². The number of likely N-dealkylation sites (N-methyl/N-ethyl adjacent to an activating group) is 2. The number of aryl methyl sites for hydroxylation is 2. The fourth-order valence-electron chi connectivity index (χ4n) is 3.81. The van der Waals surface area contributed by atoms with E-state index in [1.165, 1.54) is 11.1 Å². The molecule has 0 saturated heterocycles. The molecule has 0 aliphatic carbocycles. The Balaban J connectivity index is 1.56. The molecule has 0 fully saturated rings. The number of ether oxygens (including phenoxy) is 2. The van der Waals surface area contributed by atoms with Gasteiger partial charge in [0.2, 0.25) is 0 Å². The van der Waals surface area contributed by atoms with Crippen LogP contribution in [0.3, 0.4) is 0 Å². The van der Waals surface area contributed by atoms with Crippen LogP contribution in [0, 0.1) is 13.8 Å². The first kappa shape index (κ1) is 27.2. The standard InChI is InChI=1S/C28H40N2O4/c1-5-29(25-13-9-11-23(3)21-25)17-19-33-27(31)15-7-8-16-28(32)34-20-18-30(6-2)26-14-10-12-24(4)22-26/h9-14,21-22H,5-8,15-20H2,1-4H3. The number of esters is 2. The summed E-state index contributed by atoms with van der Waals surface area (Å²) in [5.74, 6) is -0.434. The normalized spacial score (nSPS) is 10.6. The van der Waals surface area contributed by atoms with Gasteiger partial charge < -0.3 is 19.3 Å². The van der Waals surface area contributed by atoms with Crippen molar-refractivity contribution in [2.45, 2.75) is 53.4 Å². The Hall–Kier alpha value is -3.02. The zero-order chi connectivity index (χ0) is 24.8. The molecule has 2 aromatic carbocycles. The predicted molar refractivity (Wildman–Crippen MR) is 139 cm³/mol. The smallest absolute Gasteiger partial charge is 0.305 e. The Morgan fingerprint density at radius 1 is 0.706 bits per heavy atom. The van der Waals surface area contributed by atoms with Crippen LogP contribution < -0.4 is 9.80 Å². The second-order valence-electron chi connectivity index (χ2n) is 8.49. The van der Waals surface area contributed by atoms with E-state index in [1.807, 2.05) is 12.1 Å². The molecule has 0 bridgehead atoms. The van der Waals surface area contributed by atoms with Crippen LogP contribution in [0.15, 0.2) is 48.5 Å². The molecular weight excluding hydrogens is 428 g/mol. The Labute approximate surface area is 204 Å². The van der Waals surface area contributed by atoms with Crippen LogP contribution >= 0.6 is 0 Å². The number of carbonyl (C=O) groups is 2. The highest BCUT2D eigenvalue weighted by Gasteiger charge is 2.10. The summed E-state index contributed by atoms with van der Waals surface area (Å²) < 4.78 is 10.8. The monoisotopic (exact) mass is 468 g/mol. The van der Waals surface area contributed by atoms with Crippen molar-refractivity contribution in [1.29, 1.82) is 0 Å². The van der Waals surface area contributed by atoms with Gasteiger partial charge in [0.25, 0.3) is 0 Å². The van der Waals surface area contributed by atoms with Gasteiger partial charge in [-0.05, 0) is 75.9 Å². The third-order valence-electron chi connectivity index (χ3n) is 5.76. The number of anilines is 2. The van der Waals surface area contributed by atoms with Crippen molar-refractivity contribution in [3.05, 3.63) is 59.7 Å². The minimum absolute atomic E-state index is 0.217. The molecule has 34 heavy (non-hydrogen) atoms. The van der Waals surface area contributed by atoms with Crippen molar-refractivity contribution in [2.75, 3.05) is 49.2 Å². The number of benzene rings is 2. The molecule has 6 heteroatoms. The molecule has 0 spiro atoms. The lowest BCUT2D eigenvalue weighted by Gasteiger charge is -2.23. The van der Waals surface area contributed by atoms with Crippen molar-refractivity contribution >= 4 is 23.3 Å². The van der Waals surface area contributed by atoms with Gasteiger partial charge in [0, 0.05) is 37.3 Å². The van der Waals surface area contributed by atoms with Gasteiger partial charge in [-0.1, -0.05) is 24.3 Å².